The van der Waals surface area contributed by atoms with Gasteiger partial charge in [-0.2, -0.15) is 0 Å². The highest BCUT2D eigenvalue weighted by atomic mass is 35.5. The third-order valence-electron chi connectivity index (χ3n) is 3.20. The predicted octanol–water partition coefficient (Wildman–Crippen LogP) is 3.88. The maximum Gasteiger partial charge on any atom is 0.313 e. The first-order valence-corrected chi connectivity index (χ1v) is 7.19. The van der Waals surface area contributed by atoms with Crippen molar-refractivity contribution in [3.05, 3.63) is 62.7 Å². The number of aryl methyl sites for hydroxylation is 2. The van der Waals surface area contributed by atoms with E-state index in [1.165, 1.54) is 6.07 Å². The van der Waals surface area contributed by atoms with Gasteiger partial charge >= 0.3 is 5.69 Å². The summed E-state index contributed by atoms with van der Waals surface area (Å²) in [6.45, 7) is 3.13. The molecule has 0 bridgehead atoms. The lowest BCUT2D eigenvalue weighted by Crippen LogP contribution is -2.20. The van der Waals surface area contributed by atoms with Gasteiger partial charge in [0, 0.05) is 16.3 Å². The van der Waals surface area contributed by atoms with Crippen molar-refractivity contribution in [2.45, 2.75) is 13.8 Å². The largest absolute Gasteiger partial charge is 0.477 e. The topological polar surface area (TPSA) is 81.5 Å². The molecule has 23 heavy (non-hydrogen) atoms. The first-order valence-electron chi connectivity index (χ1n) is 6.81. The zero-order valence-corrected chi connectivity index (χ0v) is 13.4. The zero-order valence-electron chi connectivity index (χ0n) is 12.6. The van der Waals surface area contributed by atoms with E-state index in [-0.39, 0.29) is 18.0 Å². The number of carbonyl (C=O) groups is 1. The molecule has 2 rings (SSSR count). The van der Waals surface area contributed by atoms with Crippen molar-refractivity contribution < 1.29 is 14.5 Å². The number of nitro benzene ring substituents is 1. The molecule has 0 heterocycles. The number of carbonyl (C=O) groups excluding carboxylic acids is 1. The average molecular weight is 335 g/mol. The van der Waals surface area contributed by atoms with E-state index in [4.69, 9.17) is 16.3 Å². The molecule has 2 aromatic carbocycles. The van der Waals surface area contributed by atoms with E-state index in [9.17, 15) is 14.9 Å². The first-order chi connectivity index (χ1) is 10.9. The maximum absolute atomic E-state index is 11.9. The van der Waals surface area contributed by atoms with Crippen molar-refractivity contribution in [3.8, 4) is 5.75 Å². The van der Waals surface area contributed by atoms with Crippen LogP contribution in [0.2, 0.25) is 5.02 Å². The third kappa shape index (κ3) is 4.20. The maximum atomic E-state index is 11.9. The summed E-state index contributed by atoms with van der Waals surface area (Å²) in [4.78, 5) is 22.4. The van der Waals surface area contributed by atoms with Crippen LogP contribution in [-0.4, -0.2) is 17.4 Å². The average Bonchev–Trinajstić information content (AvgIpc) is 2.48. The lowest BCUT2D eigenvalue weighted by Gasteiger charge is -2.09. The molecule has 2 aromatic rings. The Morgan fingerprint density at radius 3 is 2.65 bits per heavy atom. The Bertz CT molecular complexity index is 762. The van der Waals surface area contributed by atoms with Crippen molar-refractivity contribution in [2.24, 2.45) is 0 Å². The van der Waals surface area contributed by atoms with Gasteiger partial charge in [0.1, 0.15) is 0 Å². The summed E-state index contributed by atoms with van der Waals surface area (Å²) in [5.74, 6) is -0.368. The van der Waals surface area contributed by atoms with Crippen LogP contribution in [0, 0.1) is 24.0 Å². The van der Waals surface area contributed by atoms with Gasteiger partial charge in [0.05, 0.1) is 4.92 Å². The summed E-state index contributed by atoms with van der Waals surface area (Å²) in [6.07, 6.45) is 0. The van der Waals surface area contributed by atoms with Gasteiger partial charge in [-0.15, -0.1) is 0 Å². The number of anilines is 1. The fraction of sp³-hybridized carbons (Fsp3) is 0.188. The number of benzene rings is 2. The van der Waals surface area contributed by atoms with E-state index < -0.39 is 10.8 Å². The SMILES string of the molecule is Cc1ccc(NC(=O)COc2cccc(C)c2[N+](=O)[O-])cc1Cl. The van der Waals surface area contributed by atoms with E-state index in [1.54, 1.807) is 37.3 Å². The van der Waals surface area contributed by atoms with E-state index in [2.05, 4.69) is 5.32 Å². The molecular weight excluding hydrogens is 320 g/mol. The normalized spacial score (nSPS) is 10.2. The van der Waals surface area contributed by atoms with Crippen LogP contribution in [0.5, 0.6) is 5.75 Å². The molecular formula is C16H15ClN2O4. The second-order valence-electron chi connectivity index (χ2n) is 4.98. The van der Waals surface area contributed by atoms with Crippen LogP contribution in [0.4, 0.5) is 11.4 Å². The molecule has 0 aliphatic carbocycles. The fourth-order valence-corrected chi connectivity index (χ4v) is 2.17. The van der Waals surface area contributed by atoms with Crippen LogP contribution < -0.4 is 10.1 Å². The molecule has 1 amide bonds. The second kappa shape index (κ2) is 7.11. The summed E-state index contributed by atoms with van der Waals surface area (Å²) in [5.41, 5.74) is 1.76. The number of para-hydroxylation sites is 1. The molecule has 0 aliphatic heterocycles. The minimum atomic E-state index is -0.525. The Morgan fingerprint density at radius 2 is 2.00 bits per heavy atom. The number of halogens is 1. The molecule has 0 radical (unpaired) electrons. The molecule has 0 aromatic heterocycles. The van der Waals surface area contributed by atoms with Crippen molar-refractivity contribution in [3.63, 3.8) is 0 Å². The van der Waals surface area contributed by atoms with Gasteiger partial charge < -0.3 is 10.1 Å². The van der Waals surface area contributed by atoms with Gasteiger partial charge in [-0.1, -0.05) is 29.8 Å². The molecule has 0 saturated heterocycles. The van der Waals surface area contributed by atoms with Crippen molar-refractivity contribution in [1.82, 2.24) is 0 Å². The Morgan fingerprint density at radius 1 is 1.26 bits per heavy atom. The van der Waals surface area contributed by atoms with Crippen molar-refractivity contribution in [2.75, 3.05) is 11.9 Å². The monoisotopic (exact) mass is 334 g/mol. The van der Waals surface area contributed by atoms with Gasteiger partial charge in [-0.25, -0.2) is 0 Å². The summed E-state index contributed by atoms with van der Waals surface area (Å²) in [6, 6.07) is 9.83. The molecule has 1 N–H and O–H groups in total. The molecule has 7 heteroatoms. The molecule has 0 saturated carbocycles. The minimum absolute atomic E-state index is 0.0621. The van der Waals surface area contributed by atoms with Crippen LogP contribution in [0.1, 0.15) is 11.1 Å². The molecule has 0 fully saturated rings. The number of hydrogen-bond donors (Lipinski definition) is 1. The third-order valence-corrected chi connectivity index (χ3v) is 3.60. The molecule has 0 atom stereocenters. The van der Waals surface area contributed by atoms with Gasteiger partial charge in [0.2, 0.25) is 0 Å². The highest BCUT2D eigenvalue weighted by molar-refractivity contribution is 6.31. The summed E-state index contributed by atoms with van der Waals surface area (Å²) >= 11 is 5.99. The zero-order chi connectivity index (χ0) is 17.0. The van der Waals surface area contributed by atoms with E-state index in [0.717, 1.165) is 5.56 Å². The summed E-state index contributed by atoms with van der Waals surface area (Å²) in [7, 11) is 0. The number of rotatable bonds is 5. The lowest BCUT2D eigenvalue weighted by atomic mass is 10.2. The van der Waals surface area contributed by atoms with Gasteiger partial charge in [-0.05, 0) is 37.6 Å². The predicted molar refractivity (Wildman–Crippen MR) is 88.1 cm³/mol. The number of nitro groups is 1. The Labute approximate surface area is 138 Å². The Balaban J connectivity index is 2.03. The number of hydrogen-bond acceptors (Lipinski definition) is 4. The molecule has 0 aliphatic rings. The highest BCUT2D eigenvalue weighted by Crippen LogP contribution is 2.30. The Hall–Kier alpha value is -2.60. The Kier molecular flexibility index (Phi) is 5.18. The highest BCUT2D eigenvalue weighted by Gasteiger charge is 2.19. The van der Waals surface area contributed by atoms with E-state index >= 15 is 0 Å². The molecule has 120 valence electrons. The molecule has 0 unspecified atom stereocenters. The standard InChI is InChI=1S/C16H15ClN2O4/c1-10-6-7-12(8-13(10)17)18-15(20)9-23-14-5-3-4-11(2)16(14)19(21)22/h3-8H,9H2,1-2H3,(H,18,20). The smallest absolute Gasteiger partial charge is 0.313 e. The number of ether oxygens (including phenoxy) is 1. The fourth-order valence-electron chi connectivity index (χ4n) is 1.99. The second-order valence-corrected chi connectivity index (χ2v) is 5.39. The number of nitrogens with one attached hydrogen (secondary N) is 1. The number of nitrogens with zero attached hydrogens (tertiary/aromatic N) is 1. The molecule has 6 nitrogen and oxygen atoms in total. The van der Waals surface area contributed by atoms with Gasteiger partial charge in [0.25, 0.3) is 5.91 Å². The van der Waals surface area contributed by atoms with Crippen LogP contribution >= 0.6 is 11.6 Å². The number of amides is 1. The first kappa shape index (κ1) is 16.8. The quantitative estimate of drug-likeness (QED) is 0.664. The van der Waals surface area contributed by atoms with Gasteiger partial charge in [0.15, 0.2) is 12.4 Å². The van der Waals surface area contributed by atoms with E-state index in [0.29, 0.717) is 16.3 Å². The van der Waals surface area contributed by atoms with E-state index in [1.807, 2.05) is 6.92 Å². The lowest BCUT2D eigenvalue weighted by molar-refractivity contribution is -0.386. The van der Waals surface area contributed by atoms with Crippen molar-refractivity contribution >= 4 is 28.9 Å². The van der Waals surface area contributed by atoms with Crippen LogP contribution in [-0.2, 0) is 4.79 Å². The van der Waals surface area contributed by atoms with Crippen molar-refractivity contribution in [1.29, 1.82) is 0 Å². The van der Waals surface area contributed by atoms with Gasteiger partial charge in [-0.3, -0.25) is 14.9 Å². The minimum Gasteiger partial charge on any atom is -0.477 e. The van der Waals surface area contributed by atoms with Crippen LogP contribution in [0.15, 0.2) is 36.4 Å². The van der Waals surface area contributed by atoms with Crippen LogP contribution in [0.25, 0.3) is 0 Å². The van der Waals surface area contributed by atoms with Crippen LogP contribution in [0.3, 0.4) is 0 Å². The summed E-state index contributed by atoms with van der Waals surface area (Å²) < 4.78 is 5.28. The molecule has 0 spiro atoms. The summed E-state index contributed by atoms with van der Waals surface area (Å²) in [5, 5.41) is 14.2.